The molecule has 1 aliphatic carbocycles. The van der Waals surface area contributed by atoms with Crippen LogP contribution >= 0.6 is 23.4 Å². The molecule has 106 valence electrons. The van der Waals surface area contributed by atoms with E-state index in [0.29, 0.717) is 22.8 Å². The molecule has 20 heavy (non-hydrogen) atoms. The van der Waals surface area contributed by atoms with Crippen LogP contribution in [0.5, 0.6) is 0 Å². The largest absolute Gasteiger partial charge is 0.344 e. The fourth-order valence-electron chi connectivity index (χ4n) is 2.07. The van der Waals surface area contributed by atoms with Crippen LogP contribution in [0.2, 0.25) is 5.02 Å². The lowest BCUT2D eigenvalue weighted by Gasteiger charge is -2.06. The van der Waals surface area contributed by atoms with Crippen molar-refractivity contribution in [1.82, 2.24) is 14.8 Å². The highest BCUT2D eigenvalue weighted by molar-refractivity contribution is 7.99. The number of H-pyrrole nitrogens is 1. The summed E-state index contributed by atoms with van der Waals surface area (Å²) in [5.74, 6) is 0. The monoisotopic (exact) mass is 310 g/mol. The normalized spacial score (nSPS) is 14.7. The summed E-state index contributed by atoms with van der Waals surface area (Å²) in [6.07, 6.45) is 2.85. The van der Waals surface area contributed by atoms with E-state index < -0.39 is 0 Å². The molecule has 3 N–H and O–H groups in total. The van der Waals surface area contributed by atoms with E-state index in [4.69, 9.17) is 17.3 Å². The molecule has 0 saturated heterocycles. The molecule has 1 aromatic carbocycles. The zero-order chi connectivity index (χ0) is 14.1. The van der Waals surface area contributed by atoms with Gasteiger partial charge in [0.1, 0.15) is 0 Å². The van der Waals surface area contributed by atoms with Gasteiger partial charge < -0.3 is 5.73 Å². The second kappa shape index (κ2) is 5.63. The number of benzene rings is 1. The van der Waals surface area contributed by atoms with Crippen LogP contribution in [-0.2, 0) is 6.42 Å². The molecule has 0 spiro atoms. The Kier molecular flexibility index (Phi) is 3.87. The van der Waals surface area contributed by atoms with Crippen LogP contribution in [0.1, 0.15) is 24.4 Å². The van der Waals surface area contributed by atoms with Crippen molar-refractivity contribution in [3.8, 4) is 0 Å². The number of aromatic nitrogens is 3. The summed E-state index contributed by atoms with van der Waals surface area (Å²) < 4.78 is 1.73. The van der Waals surface area contributed by atoms with Crippen molar-refractivity contribution >= 4 is 23.4 Å². The van der Waals surface area contributed by atoms with Gasteiger partial charge in [0, 0.05) is 16.0 Å². The summed E-state index contributed by atoms with van der Waals surface area (Å²) in [7, 11) is 0. The number of hydrogen-bond donors (Lipinski definition) is 2. The molecule has 0 radical (unpaired) electrons. The molecule has 5 nitrogen and oxygen atoms in total. The highest BCUT2D eigenvalue weighted by Gasteiger charge is 2.28. The summed E-state index contributed by atoms with van der Waals surface area (Å²) in [6, 6.07) is 6.16. The van der Waals surface area contributed by atoms with Crippen LogP contribution in [0.4, 0.5) is 0 Å². The van der Waals surface area contributed by atoms with Gasteiger partial charge in [-0.2, -0.15) is 0 Å². The smallest absolute Gasteiger partial charge is 0.330 e. The summed E-state index contributed by atoms with van der Waals surface area (Å²) in [5.41, 5.74) is 6.44. The first-order chi connectivity index (χ1) is 9.69. The van der Waals surface area contributed by atoms with Crippen LogP contribution in [0, 0.1) is 0 Å². The maximum atomic E-state index is 11.7. The van der Waals surface area contributed by atoms with Gasteiger partial charge >= 0.3 is 5.69 Å². The molecule has 1 heterocycles. The summed E-state index contributed by atoms with van der Waals surface area (Å²) >= 11 is 7.68. The van der Waals surface area contributed by atoms with E-state index in [1.807, 2.05) is 18.2 Å². The predicted molar refractivity (Wildman–Crippen MR) is 79.5 cm³/mol. The van der Waals surface area contributed by atoms with Crippen molar-refractivity contribution in [2.45, 2.75) is 35.4 Å². The van der Waals surface area contributed by atoms with Crippen molar-refractivity contribution in [2.75, 3.05) is 6.54 Å². The van der Waals surface area contributed by atoms with Crippen molar-refractivity contribution in [3.63, 3.8) is 0 Å². The van der Waals surface area contributed by atoms with Crippen molar-refractivity contribution in [2.24, 2.45) is 5.73 Å². The molecule has 0 unspecified atom stereocenters. The minimum Gasteiger partial charge on any atom is -0.330 e. The van der Waals surface area contributed by atoms with E-state index in [2.05, 4.69) is 10.2 Å². The highest BCUT2D eigenvalue weighted by atomic mass is 35.5. The minimum absolute atomic E-state index is 0.138. The Labute approximate surface area is 125 Å². The van der Waals surface area contributed by atoms with E-state index in [1.54, 1.807) is 4.57 Å². The lowest BCUT2D eigenvalue weighted by atomic mass is 10.1. The summed E-state index contributed by atoms with van der Waals surface area (Å²) in [6.45, 7) is 0.576. The number of rotatable bonds is 5. The standard InChI is InChI=1S/C13H15ClN4OS/c14-11-7-10(4-1-8(11)5-6-15)20-13-17-16-12(19)18(13)9-2-3-9/h1,4,7,9H,2-3,5-6,15H2,(H,16,19). The van der Waals surface area contributed by atoms with E-state index >= 15 is 0 Å². The molecule has 0 bridgehead atoms. The lowest BCUT2D eigenvalue weighted by Crippen LogP contribution is -2.15. The first-order valence-corrected chi connectivity index (χ1v) is 7.71. The average Bonchev–Trinajstić information content (AvgIpc) is 3.18. The molecule has 1 fully saturated rings. The number of halogens is 1. The lowest BCUT2D eigenvalue weighted by molar-refractivity contribution is 0.642. The molecule has 0 aliphatic heterocycles. The molecule has 3 rings (SSSR count). The molecule has 0 amide bonds. The first-order valence-electron chi connectivity index (χ1n) is 6.52. The van der Waals surface area contributed by atoms with Gasteiger partial charge in [0.25, 0.3) is 0 Å². The fraction of sp³-hybridized carbons (Fsp3) is 0.385. The van der Waals surface area contributed by atoms with Gasteiger partial charge in [-0.15, -0.1) is 5.10 Å². The van der Waals surface area contributed by atoms with E-state index in [0.717, 1.165) is 29.7 Å². The third-order valence-electron chi connectivity index (χ3n) is 3.23. The van der Waals surface area contributed by atoms with Crippen LogP contribution < -0.4 is 11.4 Å². The second-order valence-corrected chi connectivity index (χ2v) is 6.25. The molecule has 7 heteroatoms. The number of nitrogens with two attached hydrogens (primary N) is 1. The Morgan fingerprint density at radius 2 is 2.30 bits per heavy atom. The number of hydrogen-bond acceptors (Lipinski definition) is 4. The van der Waals surface area contributed by atoms with Gasteiger partial charge in [-0.05, 0) is 55.3 Å². The minimum atomic E-state index is -0.138. The SMILES string of the molecule is NCCc1ccc(Sc2n[nH]c(=O)n2C2CC2)cc1Cl. The molecule has 1 aliphatic rings. The Morgan fingerprint density at radius 3 is 2.95 bits per heavy atom. The van der Waals surface area contributed by atoms with Gasteiger partial charge in [0.05, 0.1) is 0 Å². The summed E-state index contributed by atoms with van der Waals surface area (Å²) in [4.78, 5) is 12.7. The molecule has 1 aromatic heterocycles. The fourth-order valence-corrected chi connectivity index (χ4v) is 3.36. The third-order valence-corrected chi connectivity index (χ3v) is 4.54. The summed E-state index contributed by atoms with van der Waals surface area (Å²) in [5, 5.41) is 8.00. The third kappa shape index (κ3) is 2.77. The van der Waals surface area contributed by atoms with Crippen LogP contribution in [-0.4, -0.2) is 21.3 Å². The number of aromatic amines is 1. The highest BCUT2D eigenvalue weighted by Crippen LogP contribution is 2.38. The molecular formula is C13H15ClN4OS. The van der Waals surface area contributed by atoms with E-state index in [9.17, 15) is 4.79 Å². The molecule has 2 aromatic rings. The van der Waals surface area contributed by atoms with Gasteiger partial charge in [-0.1, -0.05) is 17.7 Å². The number of nitrogens with one attached hydrogen (secondary N) is 1. The average molecular weight is 311 g/mol. The van der Waals surface area contributed by atoms with Crippen LogP contribution in [0.25, 0.3) is 0 Å². The van der Waals surface area contributed by atoms with Crippen LogP contribution in [0.15, 0.2) is 33.0 Å². The zero-order valence-electron chi connectivity index (χ0n) is 10.8. The maximum absolute atomic E-state index is 11.7. The van der Waals surface area contributed by atoms with E-state index in [-0.39, 0.29) is 5.69 Å². The first kappa shape index (κ1) is 13.7. The maximum Gasteiger partial charge on any atom is 0.344 e. The predicted octanol–water partition coefficient (Wildman–Crippen LogP) is 2.21. The van der Waals surface area contributed by atoms with Gasteiger partial charge in [0.15, 0.2) is 5.16 Å². The Morgan fingerprint density at radius 1 is 1.50 bits per heavy atom. The van der Waals surface area contributed by atoms with Crippen molar-refractivity contribution in [3.05, 3.63) is 39.3 Å². The van der Waals surface area contributed by atoms with Crippen molar-refractivity contribution < 1.29 is 0 Å². The Bertz CT molecular complexity index is 677. The molecule has 1 saturated carbocycles. The van der Waals surface area contributed by atoms with Crippen molar-refractivity contribution in [1.29, 1.82) is 0 Å². The van der Waals surface area contributed by atoms with E-state index in [1.165, 1.54) is 11.8 Å². The molecule has 0 atom stereocenters. The zero-order valence-corrected chi connectivity index (χ0v) is 12.4. The second-order valence-electron chi connectivity index (χ2n) is 4.81. The molecular weight excluding hydrogens is 296 g/mol. The van der Waals surface area contributed by atoms with Gasteiger partial charge in [-0.25, -0.2) is 9.89 Å². The van der Waals surface area contributed by atoms with Crippen LogP contribution in [0.3, 0.4) is 0 Å². The Balaban J connectivity index is 1.84. The van der Waals surface area contributed by atoms with Gasteiger partial charge in [-0.3, -0.25) is 4.57 Å². The quantitative estimate of drug-likeness (QED) is 0.887. The van der Waals surface area contributed by atoms with Gasteiger partial charge in [0.2, 0.25) is 0 Å². The number of nitrogens with zero attached hydrogens (tertiary/aromatic N) is 2. The topological polar surface area (TPSA) is 76.7 Å². The Hall–Kier alpha value is -1.24.